The fourth-order valence-corrected chi connectivity index (χ4v) is 5.78. The predicted molar refractivity (Wildman–Crippen MR) is 141 cm³/mol. The molecule has 2 amide bonds. The third-order valence-electron chi connectivity index (χ3n) is 7.68. The van der Waals surface area contributed by atoms with E-state index in [4.69, 9.17) is 0 Å². The number of nitrogens with zero attached hydrogens (tertiary/aromatic N) is 3. The third kappa shape index (κ3) is 5.37. The minimum Gasteiger partial charge on any atom is -0.370 e. The van der Waals surface area contributed by atoms with Gasteiger partial charge in [-0.1, -0.05) is 44.2 Å². The van der Waals surface area contributed by atoms with Crippen LogP contribution in [-0.4, -0.2) is 61.4 Å². The summed E-state index contributed by atoms with van der Waals surface area (Å²) in [5.74, 6) is 1.44. The first-order valence-corrected chi connectivity index (χ1v) is 13.1. The number of piperidine rings is 1. The fraction of sp³-hybridized carbons (Fsp3) is 0.517. The molecule has 6 heteroatoms. The van der Waals surface area contributed by atoms with Crippen LogP contribution in [0.25, 0.3) is 0 Å². The van der Waals surface area contributed by atoms with Gasteiger partial charge < -0.3 is 20.0 Å². The lowest BCUT2D eigenvalue weighted by molar-refractivity contribution is -0.117. The smallest absolute Gasteiger partial charge is 0.256 e. The molecule has 2 heterocycles. The van der Waals surface area contributed by atoms with E-state index in [9.17, 15) is 9.59 Å². The van der Waals surface area contributed by atoms with Crippen LogP contribution >= 0.6 is 0 Å². The highest BCUT2D eigenvalue weighted by Gasteiger charge is 2.34. The summed E-state index contributed by atoms with van der Waals surface area (Å²) in [6.07, 6.45) is 3.15. The van der Waals surface area contributed by atoms with Crippen LogP contribution in [0.4, 0.5) is 11.4 Å². The zero-order valence-corrected chi connectivity index (χ0v) is 21.2. The van der Waals surface area contributed by atoms with Gasteiger partial charge in [0, 0.05) is 44.3 Å². The highest BCUT2D eigenvalue weighted by Crippen LogP contribution is 2.35. The highest BCUT2D eigenvalue weighted by molar-refractivity contribution is 6.02. The maximum Gasteiger partial charge on any atom is 0.256 e. The molecule has 2 aromatic carbocycles. The number of hydrogen-bond donors (Lipinski definition) is 1. The topological polar surface area (TPSA) is 55.9 Å². The number of piperazine rings is 1. The Hall–Kier alpha value is -2.86. The van der Waals surface area contributed by atoms with Gasteiger partial charge in [0.25, 0.3) is 5.91 Å². The van der Waals surface area contributed by atoms with Crippen molar-refractivity contribution in [3.05, 3.63) is 59.7 Å². The molecule has 3 fully saturated rings. The third-order valence-corrected chi connectivity index (χ3v) is 7.68. The van der Waals surface area contributed by atoms with Crippen LogP contribution in [0.1, 0.15) is 55.1 Å². The number of likely N-dealkylation sites (N-methyl/N-ethyl adjacent to an activating group) is 1. The molecule has 0 aromatic heterocycles. The van der Waals surface area contributed by atoms with Crippen molar-refractivity contribution in [1.29, 1.82) is 0 Å². The molecule has 3 aliphatic rings. The molecule has 35 heavy (non-hydrogen) atoms. The molecular weight excluding hydrogens is 436 g/mol. The van der Waals surface area contributed by atoms with Crippen molar-refractivity contribution in [3.8, 4) is 0 Å². The predicted octanol–water partition coefficient (Wildman–Crippen LogP) is 4.65. The number of rotatable bonds is 5. The average molecular weight is 475 g/mol. The van der Waals surface area contributed by atoms with E-state index in [0.717, 1.165) is 56.0 Å². The van der Waals surface area contributed by atoms with Crippen LogP contribution in [0.5, 0.6) is 0 Å². The van der Waals surface area contributed by atoms with Crippen LogP contribution in [-0.2, 0) is 4.79 Å². The normalized spacial score (nSPS) is 25.4. The Kier molecular flexibility index (Phi) is 6.83. The number of carbonyl (C=O) groups excluding carboxylic acids is 2. The summed E-state index contributed by atoms with van der Waals surface area (Å²) < 4.78 is 0. The van der Waals surface area contributed by atoms with Gasteiger partial charge in [-0.2, -0.15) is 0 Å². The van der Waals surface area contributed by atoms with Crippen LogP contribution in [0.2, 0.25) is 0 Å². The van der Waals surface area contributed by atoms with E-state index in [1.807, 2.05) is 41.3 Å². The first-order valence-electron chi connectivity index (χ1n) is 13.1. The lowest BCUT2D eigenvalue weighted by Gasteiger charge is -2.42. The standard InChI is InChI=1S/C29H38N4O2/c1-20-15-21(2)18-32(17-20)26-16-24(30-28(34)23-9-10-23)11-12-25(26)29(35)33-14-13-31(3)19-27(33)22-7-5-4-6-8-22/h4-8,11-12,16,20-21,23,27H,9-10,13-15,17-19H2,1-3H3,(H,30,34)/t20-,21+,27?. The number of nitrogens with one attached hydrogen (secondary N) is 1. The fourth-order valence-electron chi connectivity index (χ4n) is 5.78. The van der Waals surface area contributed by atoms with Crippen molar-refractivity contribution < 1.29 is 9.59 Å². The molecule has 186 valence electrons. The molecule has 2 saturated heterocycles. The van der Waals surface area contributed by atoms with Gasteiger partial charge in [-0.25, -0.2) is 0 Å². The summed E-state index contributed by atoms with van der Waals surface area (Å²) in [7, 11) is 2.12. The molecular formula is C29H38N4O2. The molecule has 5 rings (SSSR count). The minimum atomic E-state index is 0.0174. The van der Waals surface area contributed by atoms with Crippen molar-refractivity contribution in [3.63, 3.8) is 0 Å². The molecule has 0 bridgehead atoms. The quantitative estimate of drug-likeness (QED) is 0.686. The van der Waals surface area contributed by atoms with E-state index in [1.165, 1.54) is 12.0 Å². The second-order valence-electron chi connectivity index (χ2n) is 11.0. The van der Waals surface area contributed by atoms with Gasteiger partial charge in [0.1, 0.15) is 0 Å². The van der Waals surface area contributed by atoms with Gasteiger partial charge in [0.05, 0.1) is 17.3 Å². The lowest BCUT2D eigenvalue weighted by atomic mass is 9.91. The Balaban J connectivity index is 1.49. The largest absolute Gasteiger partial charge is 0.370 e. The van der Waals surface area contributed by atoms with Gasteiger partial charge in [-0.05, 0) is 61.9 Å². The number of amides is 2. The van der Waals surface area contributed by atoms with Gasteiger partial charge in [-0.15, -0.1) is 0 Å². The molecule has 1 saturated carbocycles. The molecule has 2 aromatic rings. The van der Waals surface area contributed by atoms with Crippen LogP contribution in [0, 0.1) is 17.8 Å². The summed E-state index contributed by atoms with van der Waals surface area (Å²) in [6, 6.07) is 16.2. The average Bonchev–Trinajstić information content (AvgIpc) is 3.69. The van der Waals surface area contributed by atoms with E-state index in [1.54, 1.807) is 0 Å². The summed E-state index contributed by atoms with van der Waals surface area (Å²) in [5, 5.41) is 3.09. The maximum absolute atomic E-state index is 14.2. The number of carbonyl (C=O) groups is 2. The Morgan fingerprint density at radius 3 is 2.31 bits per heavy atom. The molecule has 1 unspecified atom stereocenters. The van der Waals surface area contributed by atoms with Crippen molar-refractivity contribution in [2.45, 2.75) is 39.2 Å². The lowest BCUT2D eigenvalue weighted by Crippen LogP contribution is -2.49. The van der Waals surface area contributed by atoms with Crippen molar-refractivity contribution in [1.82, 2.24) is 9.80 Å². The Morgan fingerprint density at radius 2 is 1.63 bits per heavy atom. The molecule has 0 spiro atoms. The highest BCUT2D eigenvalue weighted by atomic mass is 16.2. The van der Waals surface area contributed by atoms with E-state index < -0.39 is 0 Å². The second-order valence-corrected chi connectivity index (χ2v) is 11.0. The summed E-state index contributed by atoms with van der Waals surface area (Å²) in [5.41, 5.74) is 3.65. The Labute approximate surface area is 209 Å². The van der Waals surface area contributed by atoms with E-state index in [0.29, 0.717) is 18.4 Å². The van der Waals surface area contributed by atoms with Crippen molar-refractivity contribution in [2.24, 2.45) is 17.8 Å². The number of benzene rings is 2. The van der Waals surface area contributed by atoms with E-state index in [-0.39, 0.29) is 23.8 Å². The second kappa shape index (κ2) is 10.0. The maximum atomic E-state index is 14.2. The van der Waals surface area contributed by atoms with Crippen LogP contribution < -0.4 is 10.2 Å². The van der Waals surface area contributed by atoms with Gasteiger partial charge in [0.2, 0.25) is 5.91 Å². The molecule has 1 N–H and O–H groups in total. The Bertz CT molecular complexity index is 1060. The van der Waals surface area contributed by atoms with Gasteiger partial charge >= 0.3 is 0 Å². The van der Waals surface area contributed by atoms with Crippen molar-refractivity contribution in [2.75, 3.05) is 50.0 Å². The zero-order chi connectivity index (χ0) is 24.5. The molecule has 1 aliphatic carbocycles. The van der Waals surface area contributed by atoms with E-state index in [2.05, 4.69) is 48.1 Å². The monoisotopic (exact) mass is 474 g/mol. The minimum absolute atomic E-state index is 0.0174. The van der Waals surface area contributed by atoms with Crippen LogP contribution in [0.3, 0.4) is 0 Å². The summed E-state index contributed by atoms with van der Waals surface area (Å²) >= 11 is 0. The SMILES string of the molecule is C[C@@H]1C[C@H](C)CN(c2cc(NC(=O)C3CC3)ccc2C(=O)N2CCN(C)CC2c2ccccc2)C1. The molecule has 6 nitrogen and oxygen atoms in total. The first-order chi connectivity index (χ1) is 16.9. The Morgan fingerprint density at radius 1 is 0.914 bits per heavy atom. The number of anilines is 2. The van der Waals surface area contributed by atoms with E-state index >= 15 is 0 Å². The molecule has 3 atom stereocenters. The summed E-state index contributed by atoms with van der Waals surface area (Å²) in [6.45, 7) is 8.80. The van der Waals surface area contributed by atoms with Crippen molar-refractivity contribution >= 4 is 23.2 Å². The molecule has 2 aliphatic heterocycles. The van der Waals surface area contributed by atoms with Gasteiger partial charge in [0.15, 0.2) is 0 Å². The summed E-state index contributed by atoms with van der Waals surface area (Å²) in [4.78, 5) is 33.3. The van der Waals surface area contributed by atoms with Crippen LogP contribution in [0.15, 0.2) is 48.5 Å². The molecule has 0 radical (unpaired) electrons. The van der Waals surface area contributed by atoms with Gasteiger partial charge in [-0.3, -0.25) is 9.59 Å². The first kappa shape index (κ1) is 23.9. The zero-order valence-electron chi connectivity index (χ0n) is 21.2. The number of hydrogen-bond acceptors (Lipinski definition) is 4.